The lowest BCUT2D eigenvalue weighted by atomic mass is 9.96. The topological polar surface area (TPSA) is 32.7 Å². The zero-order valence-electron chi connectivity index (χ0n) is 8.21. The van der Waals surface area contributed by atoms with Gasteiger partial charge in [-0.3, -0.25) is 4.90 Å². The molecule has 12 heavy (non-hydrogen) atoms. The van der Waals surface area contributed by atoms with Crippen molar-refractivity contribution in [3.05, 3.63) is 0 Å². The van der Waals surface area contributed by atoms with Crippen LogP contribution in [-0.4, -0.2) is 48.0 Å². The first-order valence-corrected chi connectivity index (χ1v) is 4.56. The first-order valence-electron chi connectivity index (χ1n) is 4.56. The Balaban J connectivity index is 2.53. The molecular formula is C9H19NO2. The Labute approximate surface area is 74.3 Å². The van der Waals surface area contributed by atoms with E-state index in [1.54, 1.807) is 0 Å². The highest BCUT2D eigenvalue weighted by Crippen LogP contribution is 2.19. The molecule has 1 unspecified atom stereocenters. The average Bonchev–Trinajstić information content (AvgIpc) is 2.06. The summed E-state index contributed by atoms with van der Waals surface area (Å²) in [6.07, 6.45) is -0.296. The number of hydrogen-bond donors (Lipinski definition) is 1. The van der Waals surface area contributed by atoms with Crippen LogP contribution < -0.4 is 0 Å². The maximum Gasteiger partial charge on any atom is 0.0690 e. The fourth-order valence-corrected chi connectivity index (χ4v) is 1.40. The van der Waals surface area contributed by atoms with E-state index in [0.717, 1.165) is 26.3 Å². The predicted molar refractivity (Wildman–Crippen MR) is 48.2 cm³/mol. The third kappa shape index (κ3) is 1.97. The van der Waals surface area contributed by atoms with Gasteiger partial charge in [-0.2, -0.15) is 0 Å². The van der Waals surface area contributed by atoms with E-state index >= 15 is 0 Å². The molecule has 0 aromatic rings. The van der Waals surface area contributed by atoms with Crippen molar-refractivity contribution in [1.82, 2.24) is 4.90 Å². The van der Waals surface area contributed by atoms with Gasteiger partial charge < -0.3 is 9.84 Å². The fraction of sp³-hybridized carbons (Fsp3) is 1.00. The van der Waals surface area contributed by atoms with Gasteiger partial charge in [0, 0.05) is 18.6 Å². The Hall–Kier alpha value is -0.120. The van der Waals surface area contributed by atoms with Gasteiger partial charge in [0.05, 0.1) is 19.3 Å². The van der Waals surface area contributed by atoms with E-state index < -0.39 is 0 Å². The molecule has 3 nitrogen and oxygen atoms in total. The van der Waals surface area contributed by atoms with Crippen LogP contribution in [0.2, 0.25) is 0 Å². The van der Waals surface area contributed by atoms with Gasteiger partial charge in [-0.1, -0.05) is 0 Å². The van der Waals surface area contributed by atoms with Crippen molar-refractivity contribution in [2.45, 2.75) is 32.4 Å². The van der Waals surface area contributed by atoms with Gasteiger partial charge in [0.1, 0.15) is 0 Å². The van der Waals surface area contributed by atoms with Crippen LogP contribution in [0, 0.1) is 0 Å². The van der Waals surface area contributed by atoms with E-state index in [-0.39, 0.29) is 11.6 Å². The molecule has 1 aliphatic heterocycles. The molecule has 0 bridgehead atoms. The van der Waals surface area contributed by atoms with Crippen LogP contribution >= 0.6 is 0 Å². The summed E-state index contributed by atoms with van der Waals surface area (Å²) in [5.41, 5.74) is -0.121. The minimum absolute atomic E-state index is 0.121. The molecule has 0 amide bonds. The summed E-state index contributed by atoms with van der Waals surface area (Å²) >= 11 is 0. The van der Waals surface area contributed by atoms with Gasteiger partial charge >= 0.3 is 0 Å². The molecule has 1 aliphatic rings. The number of nitrogens with zero attached hydrogens (tertiary/aromatic N) is 1. The van der Waals surface area contributed by atoms with Gasteiger partial charge in [-0.15, -0.1) is 0 Å². The molecule has 72 valence electrons. The summed E-state index contributed by atoms with van der Waals surface area (Å²) in [4.78, 5) is 2.28. The number of ether oxygens (including phenoxy) is 1. The number of morpholine rings is 1. The molecule has 0 spiro atoms. The molecule has 0 radical (unpaired) electrons. The zero-order valence-corrected chi connectivity index (χ0v) is 8.21. The third-order valence-electron chi connectivity index (χ3n) is 2.85. The molecule has 0 aliphatic carbocycles. The number of aliphatic hydroxyl groups excluding tert-OH is 1. The molecule has 1 heterocycles. The molecule has 1 N–H and O–H groups in total. The molecule has 0 aromatic heterocycles. The quantitative estimate of drug-likeness (QED) is 0.659. The Kier molecular flexibility index (Phi) is 3.09. The fourth-order valence-electron chi connectivity index (χ4n) is 1.40. The summed E-state index contributed by atoms with van der Waals surface area (Å²) < 4.78 is 5.25. The smallest absolute Gasteiger partial charge is 0.0690 e. The van der Waals surface area contributed by atoms with E-state index in [1.165, 1.54) is 0 Å². The molecule has 1 saturated heterocycles. The second-order valence-corrected chi connectivity index (χ2v) is 3.93. The molecule has 1 rings (SSSR count). The Morgan fingerprint density at radius 1 is 1.33 bits per heavy atom. The lowest BCUT2D eigenvalue weighted by Gasteiger charge is -2.42. The van der Waals surface area contributed by atoms with E-state index in [0.29, 0.717) is 0 Å². The number of aliphatic hydroxyl groups is 1. The van der Waals surface area contributed by atoms with Crippen molar-refractivity contribution in [2.24, 2.45) is 0 Å². The molecule has 0 aromatic carbocycles. The van der Waals surface area contributed by atoms with Crippen LogP contribution in [0.3, 0.4) is 0 Å². The summed E-state index contributed by atoms with van der Waals surface area (Å²) in [6.45, 7) is 9.42. The second kappa shape index (κ2) is 3.73. The van der Waals surface area contributed by atoms with Gasteiger partial charge in [-0.25, -0.2) is 0 Å². The normalized spacial score (nSPS) is 24.0. The maximum absolute atomic E-state index is 9.55. The molecule has 1 atom stereocenters. The van der Waals surface area contributed by atoms with Crippen LogP contribution in [0.25, 0.3) is 0 Å². The lowest BCUT2D eigenvalue weighted by molar-refractivity contribution is -0.0558. The highest BCUT2D eigenvalue weighted by atomic mass is 16.5. The Morgan fingerprint density at radius 3 is 2.25 bits per heavy atom. The first kappa shape index (κ1) is 9.96. The minimum atomic E-state index is -0.296. The summed E-state index contributed by atoms with van der Waals surface area (Å²) in [5.74, 6) is 0. The van der Waals surface area contributed by atoms with E-state index in [2.05, 4.69) is 18.7 Å². The number of rotatable bonds is 2. The summed E-state index contributed by atoms with van der Waals surface area (Å²) in [5, 5.41) is 9.55. The minimum Gasteiger partial charge on any atom is -0.392 e. The van der Waals surface area contributed by atoms with Crippen molar-refractivity contribution in [3.63, 3.8) is 0 Å². The van der Waals surface area contributed by atoms with Gasteiger partial charge in [-0.05, 0) is 20.8 Å². The van der Waals surface area contributed by atoms with Gasteiger partial charge in [0.15, 0.2) is 0 Å². The molecule has 3 heteroatoms. The third-order valence-corrected chi connectivity index (χ3v) is 2.85. The standard InChI is InChI=1S/C9H19NO2/c1-8(11)9(2,3)10-4-6-12-7-5-10/h8,11H,4-7H2,1-3H3. The van der Waals surface area contributed by atoms with Crippen molar-refractivity contribution < 1.29 is 9.84 Å². The first-order chi connectivity index (χ1) is 5.55. The molecule has 1 fully saturated rings. The van der Waals surface area contributed by atoms with Crippen molar-refractivity contribution in [2.75, 3.05) is 26.3 Å². The largest absolute Gasteiger partial charge is 0.392 e. The van der Waals surface area contributed by atoms with E-state index in [1.807, 2.05) is 6.92 Å². The lowest BCUT2D eigenvalue weighted by Crippen LogP contribution is -2.55. The monoisotopic (exact) mass is 173 g/mol. The zero-order chi connectivity index (χ0) is 9.19. The highest BCUT2D eigenvalue weighted by Gasteiger charge is 2.32. The van der Waals surface area contributed by atoms with Crippen LogP contribution in [-0.2, 0) is 4.74 Å². The van der Waals surface area contributed by atoms with Crippen LogP contribution in [0.1, 0.15) is 20.8 Å². The van der Waals surface area contributed by atoms with Crippen LogP contribution in [0.5, 0.6) is 0 Å². The Bertz CT molecular complexity index is 139. The summed E-state index contributed by atoms with van der Waals surface area (Å²) in [6, 6.07) is 0. The van der Waals surface area contributed by atoms with E-state index in [9.17, 15) is 5.11 Å². The number of hydrogen-bond acceptors (Lipinski definition) is 3. The Morgan fingerprint density at radius 2 is 1.83 bits per heavy atom. The van der Waals surface area contributed by atoms with E-state index in [4.69, 9.17) is 4.74 Å². The maximum atomic E-state index is 9.55. The molecular weight excluding hydrogens is 154 g/mol. The highest BCUT2D eigenvalue weighted by molar-refractivity contribution is 4.87. The predicted octanol–water partition coefficient (Wildman–Crippen LogP) is 0.478. The summed E-state index contributed by atoms with van der Waals surface area (Å²) in [7, 11) is 0. The molecule has 0 saturated carbocycles. The van der Waals surface area contributed by atoms with Gasteiger partial charge in [0.25, 0.3) is 0 Å². The SMILES string of the molecule is CC(O)C(C)(C)N1CCOCC1. The van der Waals surface area contributed by atoms with Crippen molar-refractivity contribution in [3.8, 4) is 0 Å². The average molecular weight is 173 g/mol. The second-order valence-electron chi connectivity index (χ2n) is 3.93. The van der Waals surface area contributed by atoms with Gasteiger partial charge in [0.2, 0.25) is 0 Å². The van der Waals surface area contributed by atoms with Crippen molar-refractivity contribution >= 4 is 0 Å². The van der Waals surface area contributed by atoms with Crippen LogP contribution in [0.4, 0.5) is 0 Å². The van der Waals surface area contributed by atoms with Crippen molar-refractivity contribution in [1.29, 1.82) is 0 Å². The van der Waals surface area contributed by atoms with Crippen LogP contribution in [0.15, 0.2) is 0 Å².